The van der Waals surface area contributed by atoms with Gasteiger partial charge in [0.15, 0.2) is 0 Å². The van der Waals surface area contributed by atoms with Crippen molar-refractivity contribution in [3.05, 3.63) is 76.0 Å². The molecule has 1 N–H and O–H groups in total. The number of methoxy groups -OCH3 is 1. The Morgan fingerprint density at radius 2 is 2.06 bits per heavy atom. The maximum atomic E-state index is 13.1. The van der Waals surface area contributed by atoms with Crippen molar-refractivity contribution in [1.29, 1.82) is 5.26 Å². The van der Waals surface area contributed by atoms with Crippen LogP contribution >= 0.6 is 22.9 Å². The van der Waals surface area contributed by atoms with Gasteiger partial charge in [-0.1, -0.05) is 29.0 Å². The Morgan fingerprint density at radius 3 is 2.82 bits per heavy atom. The summed E-state index contributed by atoms with van der Waals surface area (Å²) in [5.41, 5.74) is 3.01. The van der Waals surface area contributed by atoms with Gasteiger partial charge in [0.1, 0.15) is 27.7 Å². The third-order valence-corrected chi connectivity index (χ3v) is 6.68. The van der Waals surface area contributed by atoms with Crippen molar-refractivity contribution < 1.29 is 9.53 Å². The highest BCUT2D eigenvalue weighted by atomic mass is 35.5. The van der Waals surface area contributed by atoms with Crippen LogP contribution in [0.3, 0.4) is 0 Å². The highest BCUT2D eigenvalue weighted by molar-refractivity contribution is 7.15. The Balaban J connectivity index is 1.33. The molecule has 2 atom stereocenters. The number of ether oxygens (including phenoxy) is 1. The molecule has 0 aromatic carbocycles. The summed E-state index contributed by atoms with van der Waals surface area (Å²) in [6, 6.07) is 8.91. The van der Waals surface area contributed by atoms with E-state index in [1.807, 2.05) is 12.1 Å². The zero-order valence-electron chi connectivity index (χ0n) is 17.8. The van der Waals surface area contributed by atoms with E-state index in [4.69, 9.17) is 21.6 Å². The smallest absolute Gasteiger partial charge is 0.258 e. The van der Waals surface area contributed by atoms with E-state index in [1.54, 1.807) is 36.8 Å². The number of rotatable bonds is 6. The molecule has 4 aromatic heterocycles. The molecular formula is C23H16ClN7O2S. The molecule has 5 rings (SSSR count). The van der Waals surface area contributed by atoms with Crippen LogP contribution in [0.1, 0.15) is 44.9 Å². The van der Waals surface area contributed by atoms with Crippen LogP contribution in [-0.2, 0) is 0 Å². The maximum absolute atomic E-state index is 13.1. The van der Waals surface area contributed by atoms with Crippen molar-refractivity contribution in [3.8, 4) is 22.9 Å². The summed E-state index contributed by atoms with van der Waals surface area (Å²) in [7, 11) is 1.52. The number of anilines is 1. The molecule has 4 heterocycles. The second-order valence-corrected chi connectivity index (χ2v) is 8.96. The Bertz CT molecular complexity index is 1420. The van der Waals surface area contributed by atoms with E-state index in [2.05, 4.69) is 30.5 Å². The summed E-state index contributed by atoms with van der Waals surface area (Å²) >= 11 is 7.42. The SMILES string of the molecule is COc1cnc(Cl)cc1-c1cnccc1C(=O)Nc1nnc(C2C[C@H]2c2ccc(C#N)nc2)s1. The second-order valence-electron chi connectivity index (χ2n) is 7.57. The second kappa shape index (κ2) is 9.13. The van der Waals surface area contributed by atoms with Crippen LogP contribution < -0.4 is 10.1 Å². The fourth-order valence-electron chi connectivity index (χ4n) is 3.72. The number of carbonyl (C=O) groups is 1. The Morgan fingerprint density at radius 1 is 1.18 bits per heavy atom. The van der Waals surface area contributed by atoms with Crippen LogP contribution in [0, 0.1) is 11.3 Å². The molecule has 0 aliphatic heterocycles. The fraction of sp³-hybridized carbons (Fsp3) is 0.174. The molecule has 9 nitrogen and oxygen atoms in total. The summed E-state index contributed by atoms with van der Waals surface area (Å²) in [6.45, 7) is 0. The first-order valence-corrected chi connectivity index (χ1v) is 11.4. The predicted molar refractivity (Wildman–Crippen MR) is 126 cm³/mol. The third-order valence-electron chi connectivity index (χ3n) is 5.51. The van der Waals surface area contributed by atoms with Gasteiger partial charge in [0.25, 0.3) is 5.91 Å². The average molecular weight is 490 g/mol. The molecule has 0 radical (unpaired) electrons. The number of nitrogens with zero attached hydrogens (tertiary/aromatic N) is 6. The van der Waals surface area contributed by atoms with Crippen LogP contribution in [0.2, 0.25) is 5.15 Å². The summed E-state index contributed by atoms with van der Waals surface area (Å²) in [5, 5.41) is 21.7. The number of carbonyl (C=O) groups excluding carboxylic acids is 1. The summed E-state index contributed by atoms with van der Waals surface area (Å²) in [4.78, 5) is 25.4. The summed E-state index contributed by atoms with van der Waals surface area (Å²) in [5.74, 6) is 0.630. The van der Waals surface area contributed by atoms with Gasteiger partial charge in [-0.3, -0.25) is 15.1 Å². The van der Waals surface area contributed by atoms with Crippen molar-refractivity contribution in [2.75, 3.05) is 12.4 Å². The molecule has 1 unspecified atom stereocenters. The van der Waals surface area contributed by atoms with Gasteiger partial charge in [-0.05, 0) is 36.1 Å². The number of nitrogens with one attached hydrogen (secondary N) is 1. The largest absolute Gasteiger partial charge is 0.494 e. The molecular weight excluding hydrogens is 474 g/mol. The molecule has 168 valence electrons. The van der Waals surface area contributed by atoms with E-state index in [1.165, 1.54) is 24.6 Å². The van der Waals surface area contributed by atoms with Crippen LogP contribution in [0.5, 0.6) is 5.75 Å². The van der Waals surface area contributed by atoms with E-state index >= 15 is 0 Å². The van der Waals surface area contributed by atoms with Crippen LogP contribution in [-0.4, -0.2) is 38.2 Å². The predicted octanol–water partition coefficient (Wildman–Crippen LogP) is 4.45. The minimum absolute atomic E-state index is 0.220. The van der Waals surface area contributed by atoms with Crippen molar-refractivity contribution in [3.63, 3.8) is 0 Å². The lowest BCUT2D eigenvalue weighted by molar-refractivity contribution is 0.102. The topological polar surface area (TPSA) is 127 Å². The molecule has 11 heteroatoms. The minimum Gasteiger partial charge on any atom is -0.494 e. The number of aromatic nitrogens is 5. The minimum atomic E-state index is -0.348. The van der Waals surface area contributed by atoms with Crippen LogP contribution in [0.25, 0.3) is 11.1 Å². The first-order valence-electron chi connectivity index (χ1n) is 10.2. The van der Waals surface area contributed by atoms with Crippen LogP contribution in [0.15, 0.2) is 49.1 Å². The third kappa shape index (κ3) is 4.31. The fourth-order valence-corrected chi connectivity index (χ4v) is 4.80. The van der Waals surface area contributed by atoms with Crippen molar-refractivity contribution in [1.82, 2.24) is 25.1 Å². The van der Waals surface area contributed by atoms with Gasteiger partial charge in [-0.2, -0.15) is 5.26 Å². The van der Waals surface area contributed by atoms with E-state index in [0.717, 1.165) is 17.0 Å². The van der Waals surface area contributed by atoms with E-state index in [-0.39, 0.29) is 22.9 Å². The Kier molecular flexibility index (Phi) is 5.88. The van der Waals surface area contributed by atoms with Crippen molar-refractivity contribution in [2.45, 2.75) is 18.3 Å². The summed E-state index contributed by atoms with van der Waals surface area (Å²) in [6.07, 6.45) is 7.28. The zero-order valence-corrected chi connectivity index (χ0v) is 19.3. The molecule has 1 amide bonds. The van der Waals surface area contributed by atoms with Gasteiger partial charge in [0.2, 0.25) is 5.13 Å². The normalized spacial score (nSPS) is 16.5. The van der Waals surface area contributed by atoms with E-state index in [0.29, 0.717) is 33.3 Å². The highest BCUT2D eigenvalue weighted by Gasteiger charge is 2.42. The summed E-state index contributed by atoms with van der Waals surface area (Å²) < 4.78 is 5.38. The molecule has 1 aliphatic carbocycles. The van der Waals surface area contributed by atoms with Gasteiger partial charge < -0.3 is 4.74 Å². The number of pyridine rings is 3. The van der Waals surface area contributed by atoms with Gasteiger partial charge in [-0.25, -0.2) is 9.97 Å². The molecule has 34 heavy (non-hydrogen) atoms. The number of nitriles is 1. The standard InChI is InChI=1S/C23H16ClN7O2S/c1-33-19-11-28-20(24)7-16(19)18-10-26-5-4-14(18)21(32)29-23-31-30-22(34-23)17-6-15(17)12-2-3-13(8-25)27-9-12/h2-5,7,9-11,15,17H,6H2,1H3,(H,29,31,32)/t15-,17?/m0/s1. The Hall–Kier alpha value is -3.94. The molecule has 0 saturated heterocycles. The van der Waals surface area contributed by atoms with Crippen molar-refractivity contribution in [2.24, 2.45) is 0 Å². The molecule has 1 aliphatic rings. The van der Waals surface area contributed by atoms with Gasteiger partial charge in [0, 0.05) is 35.6 Å². The maximum Gasteiger partial charge on any atom is 0.258 e. The highest BCUT2D eigenvalue weighted by Crippen LogP contribution is 2.55. The number of amides is 1. The first kappa shape index (κ1) is 21.9. The van der Waals surface area contributed by atoms with Gasteiger partial charge >= 0.3 is 0 Å². The lowest BCUT2D eigenvalue weighted by atomic mass is 10.0. The average Bonchev–Trinajstić information content (AvgIpc) is 3.54. The first-order chi connectivity index (χ1) is 16.6. The number of hydrogen-bond acceptors (Lipinski definition) is 9. The van der Waals surface area contributed by atoms with Crippen LogP contribution in [0.4, 0.5) is 5.13 Å². The zero-order chi connectivity index (χ0) is 23.7. The van der Waals surface area contributed by atoms with Gasteiger partial charge in [-0.15, -0.1) is 10.2 Å². The van der Waals surface area contributed by atoms with E-state index in [9.17, 15) is 4.79 Å². The monoisotopic (exact) mass is 489 g/mol. The molecule has 4 aromatic rings. The quantitative estimate of drug-likeness (QED) is 0.393. The lowest BCUT2D eigenvalue weighted by Crippen LogP contribution is -2.13. The lowest BCUT2D eigenvalue weighted by Gasteiger charge is -2.12. The molecule has 1 fully saturated rings. The number of halogens is 1. The van der Waals surface area contributed by atoms with Gasteiger partial charge in [0.05, 0.1) is 18.9 Å². The molecule has 0 spiro atoms. The number of hydrogen-bond donors (Lipinski definition) is 1. The van der Waals surface area contributed by atoms with E-state index < -0.39 is 0 Å². The Labute approximate surface area is 203 Å². The van der Waals surface area contributed by atoms with Crippen molar-refractivity contribution >= 4 is 34.0 Å². The molecule has 1 saturated carbocycles. The molecule has 0 bridgehead atoms.